The third-order valence-corrected chi connectivity index (χ3v) is 2.72. The van der Waals surface area contributed by atoms with Gasteiger partial charge in [-0.3, -0.25) is 4.98 Å². The Kier molecular flexibility index (Phi) is 2.38. The summed E-state index contributed by atoms with van der Waals surface area (Å²) in [6.45, 7) is 1.03. The number of rotatable bonds is 2. The molecule has 0 spiro atoms. The summed E-state index contributed by atoms with van der Waals surface area (Å²) in [5.41, 5.74) is 0.860. The average molecular weight is 216 g/mol. The largest absolute Gasteiger partial charge is 0.334 e. The van der Waals surface area contributed by atoms with Gasteiger partial charge in [0, 0.05) is 12.4 Å². The van der Waals surface area contributed by atoms with Crippen LogP contribution in [-0.2, 0) is 0 Å². The van der Waals surface area contributed by atoms with Gasteiger partial charge in [-0.15, -0.1) is 0 Å². The van der Waals surface area contributed by atoms with Crippen LogP contribution >= 0.6 is 0 Å². The standard InChI is InChI=1S/C11H12N4O/c1-3-8(7-12-5-1)11-14-10(15-16-11)9-4-2-6-13-9/h1,3,5,7,9,13H,2,4,6H2. The molecule has 1 atom stereocenters. The zero-order valence-electron chi connectivity index (χ0n) is 8.76. The molecule has 1 aliphatic rings. The van der Waals surface area contributed by atoms with Gasteiger partial charge < -0.3 is 9.84 Å². The number of hydrogen-bond donors (Lipinski definition) is 1. The molecule has 5 heteroatoms. The summed E-state index contributed by atoms with van der Waals surface area (Å²) in [7, 11) is 0. The number of nitrogens with zero attached hydrogens (tertiary/aromatic N) is 3. The van der Waals surface area contributed by atoms with E-state index in [0.717, 1.165) is 24.4 Å². The van der Waals surface area contributed by atoms with Crippen molar-refractivity contribution in [3.05, 3.63) is 30.4 Å². The summed E-state index contributed by atoms with van der Waals surface area (Å²) in [6.07, 6.45) is 5.69. The summed E-state index contributed by atoms with van der Waals surface area (Å²) in [5.74, 6) is 1.29. The van der Waals surface area contributed by atoms with Crippen LogP contribution in [0.1, 0.15) is 24.7 Å². The maximum Gasteiger partial charge on any atom is 0.259 e. The Labute approximate surface area is 92.9 Å². The van der Waals surface area contributed by atoms with Crippen LogP contribution in [0.5, 0.6) is 0 Å². The molecule has 0 aromatic carbocycles. The highest BCUT2D eigenvalue weighted by molar-refractivity contribution is 5.50. The van der Waals surface area contributed by atoms with E-state index in [1.165, 1.54) is 6.42 Å². The molecular formula is C11H12N4O. The van der Waals surface area contributed by atoms with Gasteiger partial charge in [0.2, 0.25) is 0 Å². The van der Waals surface area contributed by atoms with E-state index in [9.17, 15) is 0 Å². The van der Waals surface area contributed by atoms with Crippen molar-refractivity contribution in [2.24, 2.45) is 0 Å². The fourth-order valence-electron chi connectivity index (χ4n) is 1.89. The van der Waals surface area contributed by atoms with E-state index in [1.807, 2.05) is 12.1 Å². The second-order valence-corrected chi connectivity index (χ2v) is 3.85. The normalized spacial score (nSPS) is 20.1. The van der Waals surface area contributed by atoms with E-state index in [4.69, 9.17) is 4.52 Å². The van der Waals surface area contributed by atoms with Crippen molar-refractivity contribution < 1.29 is 4.52 Å². The Balaban J connectivity index is 1.87. The van der Waals surface area contributed by atoms with Gasteiger partial charge in [-0.05, 0) is 31.5 Å². The van der Waals surface area contributed by atoms with Crippen molar-refractivity contribution in [3.8, 4) is 11.5 Å². The van der Waals surface area contributed by atoms with Crippen LogP contribution in [-0.4, -0.2) is 21.7 Å². The highest BCUT2D eigenvalue weighted by Gasteiger charge is 2.21. The quantitative estimate of drug-likeness (QED) is 0.825. The first kappa shape index (κ1) is 9.47. The third-order valence-electron chi connectivity index (χ3n) is 2.72. The Morgan fingerprint density at radius 1 is 1.44 bits per heavy atom. The first-order chi connectivity index (χ1) is 7.93. The predicted octanol–water partition coefficient (Wildman–Crippen LogP) is 1.56. The van der Waals surface area contributed by atoms with Crippen molar-refractivity contribution in [3.63, 3.8) is 0 Å². The molecule has 0 radical (unpaired) electrons. The van der Waals surface area contributed by atoms with E-state index in [-0.39, 0.29) is 6.04 Å². The van der Waals surface area contributed by atoms with Gasteiger partial charge >= 0.3 is 0 Å². The highest BCUT2D eigenvalue weighted by atomic mass is 16.5. The maximum absolute atomic E-state index is 5.22. The van der Waals surface area contributed by atoms with Crippen LogP contribution in [0.4, 0.5) is 0 Å². The van der Waals surface area contributed by atoms with E-state index < -0.39 is 0 Å². The number of aromatic nitrogens is 3. The molecule has 1 unspecified atom stereocenters. The minimum atomic E-state index is 0.245. The zero-order chi connectivity index (χ0) is 10.8. The molecule has 0 saturated carbocycles. The minimum absolute atomic E-state index is 0.245. The monoisotopic (exact) mass is 216 g/mol. The maximum atomic E-state index is 5.22. The molecule has 2 aromatic heterocycles. The molecule has 0 aliphatic carbocycles. The molecular weight excluding hydrogens is 204 g/mol. The molecule has 5 nitrogen and oxygen atoms in total. The van der Waals surface area contributed by atoms with Crippen LogP contribution in [0, 0.1) is 0 Å². The molecule has 3 rings (SSSR count). The van der Waals surface area contributed by atoms with E-state index in [2.05, 4.69) is 20.4 Å². The summed E-state index contributed by atoms with van der Waals surface area (Å²) < 4.78 is 5.22. The second-order valence-electron chi connectivity index (χ2n) is 3.85. The van der Waals surface area contributed by atoms with Crippen molar-refractivity contribution in [1.29, 1.82) is 0 Å². The molecule has 1 N–H and O–H groups in total. The zero-order valence-corrected chi connectivity index (χ0v) is 8.76. The molecule has 82 valence electrons. The Bertz CT molecular complexity index is 462. The molecule has 1 aliphatic heterocycles. The van der Waals surface area contributed by atoms with Crippen LogP contribution in [0.2, 0.25) is 0 Å². The smallest absolute Gasteiger partial charge is 0.259 e. The summed E-state index contributed by atoms with van der Waals surface area (Å²) in [5, 5.41) is 7.34. The van der Waals surface area contributed by atoms with Crippen molar-refractivity contribution in [2.45, 2.75) is 18.9 Å². The Morgan fingerprint density at radius 3 is 3.19 bits per heavy atom. The second kappa shape index (κ2) is 4.02. The highest BCUT2D eigenvalue weighted by Crippen LogP contribution is 2.23. The molecule has 0 amide bonds. The van der Waals surface area contributed by atoms with Gasteiger partial charge in [-0.25, -0.2) is 0 Å². The topological polar surface area (TPSA) is 63.8 Å². The number of hydrogen-bond acceptors (Lipinski definition) is 5. The molecule has 3 heterocycles. The summed E-state index contributed by atoms with van der Waals surface area (Å²) >= 11 is 0. The first-order valence-corrected chi connectivity index (χ1v) is 5.41. The van der Waals surface area contributed by atoms with Gasteiger partial charge in [-0.1, -0.05) is 5.16 Å². The van der Waals surface area contributed by atoms with Crippen LogP contribution < -0.4 is 5.32 Å². The lowest BCUT2D eigenvalue weighted by Gasteiger charge is -2.01. The molecule has 1 saturated heterocycles. The van der Waals surface area contributed by atoms with E-state index >= 15 is 0 Å². The van der Waals surface area contributed by atoms with E-state index in [0.29, 0.717) is 5.89 Å². The molecule has 16 heavy (non-hydrogen) atoms. The van der Waals surface area contributed by atoms with Crippen molar-refractivity contribution >= 4 is 0 Å². The van der Waals surface area contributed by atoms with Gasteiger partial charge in [0.15, 0.2) is 5.82 Å². The van der Waals surface area contributed by atoms with Gasteiger partial charge in [0.25, 0.3) is 5.89 Å². The lowest BCUT2D eigenvalue weighted by molar-refractivity contribution is 0.412. The van der Waals surface area contributed by atoms with Crippen LogP contribution in [0.3, 0.4) is 0 Å². The van der Waals surface area contributed by atoms with E-state index in [1.54, 1.807) is 12.4 Å². The van der Waals surface area contributed by atoms with Crippen molar-refractivity contribution in [1.82, 2.24) is 20.4 Å². The molecule has 1 fully saturated rings. The third kappa shape index (κ3) is 1.69. The van der Waals surface area contributed by atoms with Crippen LogP contribution in [0.15, 0.2) is 29.0 Å². The molecule has 0 bridgehead atoms. The number of nitrogens with one attached hydrogen (secondary N) is 1. The summed E-state index contributed by atoms with van der Waals surface area (Å²) in [4.78, 5) is 8.41. The lowest BCUT2D eigenvalue weighted by Crippen LogP contribution is -2.14. The SMILES string of the molecule is c1cncc(-c2nc(C3CCCN3)no2)c1. The predicted molar refractivity (Wildman–Crippen MR) is 57.5 cm³/mol. The average Bonchev–Trinajstić information content (AvgIpc) is 3.01. The first-order valence-electron chi connectivity index (χ1n) is 5.41. The minimum Gasteiger partial charge on any atom is -0.334 e. The van der Waals surface area contributed by atoms with Gasteiger partial charge in [0.1, 0.15) is 0 Å². The fourth-order valence-corrected chi connectivity index (χ4v) is 1.89. The summed E-state index contributed by atoms with van der Waals surface area (Å²) in [6, 6.07) is 4.01. The Hall–Kier alpha value is -1.75. The van der Waals surface area contributed by atoms with Gasteiger partial charge in [0.05, 0.1) is 11.6 Å². The van der Waals surface area contributed by atoms with Crippen LogP contribution in [0.25, 0.3) is 11.5 Å². The van der Waals surface area contributed by atoms with Crippen molar-refractivity contribution in [2.75, 3.05) is 6.54 Å². The lowest BCUT2D eigenvalue weighted by atomic mass is 10.2. The van der Waals surface area contributed by atoms with Gasteiger partial charge in [-0.2, -0.15) is 4.98 Å². The Morgan fingerprint density at radius 2 is 2.44 bits per heavy atom. The number of pyridine rings is 1. The molecule has 2 aromatic rings. The fraction of sp³-hybridized carbons (Fsp3) is 0.364.